The zero-order valence-corrected chi connectivity index (χ0v) is 9.83. The number of H-pyrrole nitrogens is 1. The molecule has 6 heteroatoms. The maximum Gasteiger partial charge on any atom is 0.264 e. The summed E-state index contributed by atoms with van der Waals surface area (Å²) in [5.41, 5.74) is 0.649. The molecule has 0 atom stereocenters. The Morgan fingerprint density at radius 1 is 1.44 bits per heavy atom. The molecule has 0 saturated carbocycles. The van der Waals surface area contributed by atoms with E-state index in [9.17, 15) is 9.59 Å². The highest BCUT2D eigenvalue weighted by atomic mass is 16.2. The summed E-state index contributed by atoms with van der Waals surface area (Å²) in [6, 6.07) is 6.73. The number of rotatable bonds is 3. The Kier molecular flexibility index (Phi) is 3.47. The number of aromatic amines is 1. The summed E-state index contributed by atoms with van der Waals surface area (Å²) in [7, 11) is 1.65. The van der Waals surface area contributed by atoms with Crippen molar-refractivity contribution in [2.24, 2.45) is 0 Å². The zero-order chi connectivity index (χ0) is 13.0. The van der Waals surface area contributed by atoms with Crippen molar-refractivity contribution < 1.29 is 4.79 Å². The second-order valence-corrected chi connectivity index (χ2v) is 3.82. The normalized spacial score (nSPS) is 10.1. The average Bonchev–Trinajstić information content (AvgIpc) is 2.39. The third-order valence-electron chi connectivity index (χ3n) is 2.38. The van der Waals surface area contributed by atoms with E-state index in [1.807, 2.05) is 18.2 Å². The molecular weight excluding hydrogens is 232 g/mol. The Labute approximate surface area is 103 Å². The number of hydrogen-bond donors (Lipinski definition) is 1. The summed E-state index contributed by atoms with van der Waals surface area (Å²) in [6.07, 6.45) is 3.00. The van der Waals surface area contributed by atoms with Gasteiger partial charge in [-0.3, -0.25) is 14.6 Å². The van der Waals surface area contributed by atoms with Crippen molar-refractivity contribution in [3.63, 3.8) is 0 Å². The fraction of sp³-hybridized carbons (Fsp3) is 0.167. The van der Waals surface area contributed by atoms with E-state index < -0.39 is 5.56 Å². The fourth-order valence-electron chi connectivity index (χ4n) is 1.52. The SMILES string of the molecule is CN(Cc1ccccn1)C(=O)c1cn[nH]c(=O)c1. The smallest absolute Gasteiger partial charge is 0.264 e. The van der Waals surface area contributed by atoms with Crippen molar-refractivity contribution in [3.05, 3.63) is 58.3 Å². The molecule has 0 aliphatic heterocycles. The van der Waals surface area contributed by atoms with Crippen molar-refractivity contribution in [2.75, 3.05) is 7.05 Å². The Morgan fingerprint density at radius 2 is 2.28 bits per heavy atom. The predicted octanol–water partition coefficient (Wildman–Crippen LogP) is 0.437. The van der Waals surface area contributed by atoms with E-state index in [-0.39, 0.29) is 11.5 Å². The molecule has 0 aromatic carbocycles. The minimum absolute atomic E-state index is 0.261. The van der Waals surface area contributed by atoms with Crippen LogP contribution >= 0.6 is 0 Å². The fourth-order valence-corrected chi connectivity index (χ4v) is 1.52. The third kappa shape index (κ3) is 2.79. The van der Waals surface area contributed by atoms with Gasteiger partial charge in [0.15, 0.2) is 0 Å². The molecule has 6 nitrogen and oxygen atoms in total. The molecule has 2 heterocycles. The summed E-state index contributed by atoms with van der Waals surface area (Å²) < 4.78 is 0. The molecule has 2 aromatic heterocycles. The van der Waals surface area contributed by atoms with Gasteiger partial charge in [-0.2, -0.15) is 5.10 Å². The first-order valence-corrected chi connectivity index (χ1v) is 5.37. The van der Waals surface area contributed by atoms with E-state index in [4.69, 9.17) is 0 Å². The minimum atomic E-state index is -0.396. The van der Waals surface area contributed by atoms with Crippen molar-refractivity contribution in [1.29, 1.82) is 0 Å². The van der Waals surface area contributed by atoms with Crippen LogP contribution in [0.25, 0.3) is 0 Å². The first-order valence-electron chi connectivity index (χ1n) is 5.37. The van der Waals surface area contributed by atoms with Gasteiger partial charge in [0.1, 0.15) is 0 Å². The molecule has 0 bridgehead atoms. The van der Waals surface area contributed by atoms with Crippen LogP contribution in [0.3, 0.4) is 0 Å². The van der Waals surface area contributed by atoms with Gasteiger partial charge in [-0.25, -0.2) is 5.10 Å². The van der Waals surface area contributed by atoms with E-state index in [0.717, 1.165) is 5.69 Å². The van der Waals surface area contributed by atoms with Crippen LogP contribution in [-0.4, -0.2) is 33.0 Å². The Hall–Kier alpha value is -2.50. The highest BCUT2D eigenvalue weighted by Crippen LogP contribution is 2.03. The number of nitrogens with one attached hydrogen (secondary N) is 1. The van der Waals surface area contributed by atoms with Gasteiger partial charge in [-0.1, -0.05) is 6.07 Å². The van der Waals surface area contributed by atoms with Crippen molar-refractivity contribution in [3.8, 4) is 0 Å². The number of nitrogens with zero attached hydrogens (tertiary/aromatic N) is 3. The monoisotopic (exact) mass is 244 g/mol. The molecule has 0 fully saturated rings. The lowest BCUT2D eigenvalue weighted by Gasteiger charge is -2.16. The number of carbonyl (C=O) groups is 1. The maximum atomic E-state index is 12.0. The van der Waals surface area contributed by atoms with Gasteiger partial charge in [0.05, 0.1) is 24.0 Å². The van der Waals surface area contributed by atoms with Gasteiger partial charge < -0.3 is 4.90 Å². The van der Waals surface area contributed by atoms with E-state index in [1.54, 1.807) is 13.2 Å². The molecule has 0 saturated heterocycles. The molecule has 2 rings (SSSR count). The molecule has 0 radical (unpaired) electrons. The van der Waals surface area contributed by atoms with E-state index in [2.05, 4.69) is 15.2 Å². The number of carbonyl (C=O) groups excluding carboxylic acids is 1. The molecule has 0 spiro atoms. The lowest BCUT2D eigenvalue weighted by Crippen LogP contribution is -2.28. The van der Waals surface area contributed by atoms with Crippen LogP contribution in [-0.2, 0) is 6.54 Å². The molecule has 2 aromatic rings. The second kappa shape index (κ2) is 5.22. The van der Waals surface area contributed by atoms with E-state index >= 15 is 0 Å². The Balaban J connectivity index is 2.12. The molecule has 0 aliphatic carbocycles. The predicted molar refractivity (Wildman–Crippen MR) is 64.9 cm³/mol. The van der Waals surface area contributed by atoms with E-state index in [0.29, 0.717) is 6.54 Å². The highest BCUT2D eigenvalue weighted by Gasteiger charge is 2.13. The van der Waals surface area contributed by atoms with Crippen molar-refractivity contribution in [2.45, 2.75) is 6.54 Å². The molecule has 18 heavy (non-hydrogen) atoms. The van der Waals surface area contributed by atoms with E-state index in [1.165, 1.54) is 17.2 Å². The van der Waals surface area contributed by atoms with Crippen LogP contribution in [0.15, 0.2) is 41.5 Å². The molecule has 1 N–H and O–H groups in total. The summed E-state index contributed by atoms with van der Waals surface area (Å²) in [4.78, 5) is 28.7. The molecule has 1 amide bonds. The quantitative estimate of drug-likeness (QED) is 0.849. The molecule has 92 valence electrons. The molecule has 0 unspecified atom stereocenters. The first kappa shape index (κ1) is 12.0. The van der Waals surface area contributed by atoms with Crippen molar-refractivity contribution in [1.82, 2.24) is 20.1 Å². The molecular formula is C12H12N4O2. The highest BCUT2D eigenvalue weighted by molar-refractivity contribution is 5.93. The maximum absolute atomic E-state index is 12.0. The van der Waals surface area contributed by atoms with Crippen LogP contribution < -0.4 is 5.56 Å². The molecule has 0 aliphatic rings. The Bertz CT molecular complexity index is 594. The van der Waals surface area contributed by atoms with Crippen LogP contribution in [0.4, 0.5) is 0 Å². The topological polar surface area (TPSA) is 79.0 Å². The first-order chi connectivity index (χ1) is 8.66. The summed E-state index contributed by atoms with van der Waals surface area (Å²) in [5.74, 6) is -0.265. The standard InChI is InChI=1S/C12H12N4O2/c1-16(8-10-4-2-3-5-13-10)12(18)9-6-11(17)15-14-7-9/h2-7H,8H2,1H3,(H,15,17). The lowest BCUT2D eigenvalue weighted by atomic mass is 10.2. The Morgan fingerprint density at radius 3 is 2.94 bits per heavy atom. The van der Waals surface area contributed by atoms with Gasteiger partial charge in [-0.15, -0.1) is 0 Å². The summed E-state index contributed by atoms with van der Waals surface area (Å²) >= 11 is 0. The third-order valence-corrected chi connectivity index (χ3v) is 2.38. The van der Waals surface area contributed by atoms with Gasteiger partial charge in [0, 0.05) is 19.3 Å². The number of hydrogen-bond acceptors (Lipinski definition) is 4. The summed E-state index contributed by atoms with van der Waals surface area (Å²) in [6.45, 7) is 0.381. The van der Waals surface area contributed by atoms with Crippen LogP contribution in [0, 0.1) is 0 Å². The van der Waals surface area contributed by atoms with Gasteiger partial charge in [0.25, 0.3) is 11.5 Å². The average molecular weight is 244 g/mol. The van der Waals surface area contributed by atoms with Crippen LogP contribution in [0.1, 0.15) is 16.1 Å². The zero-order valence-electron chi connectivity index (χ0n) is 9.83. The van der Waals surface area contributed by atoms with Crippen LogP contribution in [0.2, 0.25) is 0 Å². The second-order valence-electron chi connectivity index (χ2n) is 3.82. The van der Waals surface area contributed by atoms with Gasteiger partial charge in [0.2, 0.25) is 0 Å². The summed E-state index contributed by atoms with van der Waals surface area (Å²) in [5, 5.41) is 5.82. The minimum Gasteiger partial charge on any atom is -0.336 e. The van der Waals surface area contributed by atoms with Gasteiger partial charge >= 0.3 is 0 Å². The lowest BCUT2D eigenvalue weighted by molar-refractivity contribution is 0.0782. The number of amides is 1. The largest absolute Gasteiger partial charge is 0.336 e. The number of pyridine rings is 1. The van der Waals surface area contributed by atoms with Gasteiger partial charge in [-0.05, 0) is 12.1 Å². The number of aromatic nitrogens is 3. The van der Waals surface area contributed by atoms with Crippen molar-refractivity contribution >= 4 is 5.91 Å². The van der Waals surface area contributed by atoms with Crippen LogP contribution in [0.5, 0.6) is 0 Å².